The van der Waals surface area contributed by atoms with Gasteiger partial charge in [0.2, 0.25) is 0 Å². The molecule has 1 amide bonds. The van der Waals surface area contributed by atoms with Crippen LogP contribution in [0.15, 0.2) is 90.5 Å². The van der Waals surface area contributed by atoms with E-state index < -0.39 is 11.9 Å². The standard InChI is InChI=1S/C28H27NO5/c1-3-33-26(30)19-29(25-12-8-5-9-13-25)27(31)21(2)18-22-14-16-24(17-15-22)28(32)34-20-23-10-6-4-7-11-23/h4-18H,3,19-20H2,1-2H3/b21-18+. The monoisotopic (exact) mass is 457 g/mol. The first-order valence-corrected chi connectivity index (χ1v) is 11.0. The molecule has 3 aromatic rings. The molecule has 0 bridgehead atoms. The molecule has 174 valence electrons. The molecular weight excluding hydrogens is 430 g/mol. The maximum Gasteiger partial charge on any atom is 0.338 e. The lowest BCUT2D eigenvalue weighted by molar-refractivity contribution is -0.142. The summed E-state index contributed by atoms with van der Waals surface area (Å²) in [6.07, 6.45) is 1.71. The van der Waals surface area contributed by atoms with Crippen molar-refractivity contribution >= 4 is 29.6 Å². The quantitative estimate of drug-likeness (QED) is 0.332. The molecular formula is C28H27NO5. The van der Waals surface area contributed by atoms with Gasteiger partial charge in [-0.2, -0.15) is 0 Å². The average molecular weight is 458 g/mol. The molecule has 3 rings (SSSR count). The first kappa shape index (κ1) is 24.5. The summed E-state index contributed by atoms with van der Waals surface area (Å²) in [7, 11) is 0. The summed E-state index contributed by atoms with van der Waals surface area (Å²) < 4.78 is 10.4. The van der Waals surface area contributed by atoms with Crippen molar-refractivity contribution in [3.05, 3.63) is 107 Å². The molecule has 0 radical (unpaired) electrons. The highest BCUT2D eigenvalue weighted by Crippen LogP contribution is 2.18. The van der Waals surface area contributed by atoms with Gasteiger partial charge in [-0.3, -0.25) is 14.5 Å². The van der Waals surface area contributed by atoms with Crippen molar-refractivity contribution in [2.24, 2.45) is 0 Å². The second-order valence-corrected chi connectivity index (χ2v) is 7.54. The van der Waals surface area contributed by atoms with Gasteiger partial charge in [-0.1, -0.05) is 60.7 Å². The van der Waals surface area contributed by atoms with Crippen molar-refractivity contribution in [1.82, 2.24) is 0 Å². The number of anilines is 1. The SMILES string of the molecule is CCOC(=O)CN(C(=O)/C(C)=C/c1ccc(C(=O)OCc2ccccc2)cc1)c1ccccc1. The first-order valence-electron chi connectivity index (χ1n) is 11.0. The number of nitrogens with zero attached hydrogens (tertiary/aromatic N) is 1. The van der Waals surface area contributed by atoms with Crippen LogP contribution in [0.25, 0.3) is 6.08 Å². The van der Waals surface area contributed by atoms with Crippen LogP contribution in [0.3, 0.4) is 0 Å². The van der Waals surface area contributed by atoms with E-state index in [-0.39, 0.29) is 25.7 Å². The Bertz CT molecular complexity index is 1140. The Labute approximate surface area is 199 Å². The van der Waals surface area contributed by atoms with E-state index in [4.69, 9.17) is 9.47 Å². The van der Waals surface area contributed by atoms with E-state index in [1.165, 1.54) is 4.90 Å². The number of hydrogen-bond donors (Lipinski definition) is 0. The summed E-state index contributed by atoms with van der Waals surface area (Å²) in [6.45, 7) is 3.66. The molecule has 0 aliphatic carbocycles. The minimum Gasteiger partial charge on any atom is -0.465 e. The van der Waals surface area contributed by atoms with E-state index in [1.807, 2.05) is 36.4 Å². The van der Waals surface area contributed by atoms with E-state index in [0.29, 0.717) is 16.8 Å². The second-order valence-electron chi connectivity index (χ2n) is 7.54. The number of rotatable bonds is 9. The van der Waals surface area contributed by atoms with Crippen molar-refractivity contribution in [1.29, 1.82) is 0 Å². The molecule has 6 heteroatoms. The van der Waals surface area contributed by atoms with Crippen LogP contribution in [-0.4, -0.2) is 31.0 Å². The highest BCUT2D eigenvalue weighted by molar-refractivity contribution is 6.09. The highest BCUT2D eigenvalue weighted by atomic mass is 16.5. The molecule has 0 saturated carbocycles. The fourth-order valence-corrected chi connectivity index (χ4v) is 3.27. The number of hydrogen-bond acceptors (Lipinski definition) is 5. The van der Waals surface area contributed by atoms with Crippen LogP contribution in [0.2, 0.25) is 0 Å². The van der Waals surface area contributed by atoms with Gasteiger partial charge < -0.3 is 9.47 Å². The zero-order chi connectivity index (χ0) is 24.3. The van der Waals surface area contributed by atoms with Crippen LogP contribution in [0.1, 0.15) is 35.3 Å². The second kappa shape index (κ2) is 12.2. The van der Waals surface area contributed by atoms with Gasteiger partial charge in [-0.25, -0.2) is 4.79 Å². The number of para-hydroxylation sites is 1. The lowest BCUT2D eigenvalue weighted by Crippen LogP contribution is -2.37. The molecule has 0 atom stereocenters. The largest absolute Gasteiger partial charge is 0.465 e. The zero-order valence-electron chi connectivity index (χ0n) is 19.3. The Morgan fingerprint density at radius 1 is 0.824 bits per heavy atom. The highest BCUT2D eigenvalue weighted by Gasteiger charge is 2.21. The lowest BCUT2D eigenvalue weighted by Gasteiger charge is -2.22. The maximum atomic E-state index is 13.2. The fourth-order valence-electron chi connectivity index (χ4n) is 3.27. The van der Waals surface area contributed by atoms with E-state index in [9.17, 15) is 14.4 Å². The third-order valence-electron chi connectivity index (χ3n) is 4.99. The third kappa shape index (κ3) is 6.90. The summed E-state index contributed by atoms with van der Waals surface area (Å²) >= 11 is 0. The maximum absolute atomic E-state index is 13.2. The Morgan fingerprint density at radius 2 is 1.44 bits per heavy atom. The van der Waals surface area contributed by atoms with Crippen molar-refractivity contribution in [2.45, 2.75) is 20.5 Å². The van der Waals surface area contributed by atoms with Gasteiger partial charge >= 0.3 is 11.9 Å². The normalized spacial score (nSPS) is 10.9. The van der Waals surface area contributed by atoms with Crippen molar-refractivity contribution in [2.75, 3.05) is 18.1 Å². The van der Waals surface area contributed by atoms with Crippen LogP contribution in [0.5, 0.6) is 0 Å². The average Bonchev–Trinajstić information content (AvgIpc) is 2.87. The van der Waals surface area contributed by atoms with Crippen LogP contribution in [0.4, 0.5) is 5.69 Å². The summed E-state index contributed by atoms with van der Waals surface area (Å²) in [4.78, 5) is 38.9. The minimum absolute atomic E-state index is 0.186. The number of carbonyl (C=O) groups is 3. The smallest absolute Gasteiger partial charge is 0.338 e. The van der Waals surface area contributed by atoms with Gasteiger partial charge in [0.05, 0.1) is 12.2 Å². The van der Waals surface area contributed by atoms with Gasteiger partial charge in [0.1, 0.15) is 13.2 Å². The van der Waals surface area contributed by atoms with Crippen LogP contribution in [0, 0.1) is 0 Å². The summed E-state index contributed by atoms with van der Waals surface area (Å²) in [5, 5.41) is 0. The predicted molar refractivity (Wildman–Crippen MR) is 131 cm³/mol. The number of ether oxygens (including phenoxy) is 2. The molecule has 0 fully saturated rings. The number of carbonyl (C=O) groups excluding carboxylic acids is 3. The van der Waals surface area contributed by atoms with Crippen LogP contribution >= 0.6 is 0 Å². The Kier molecular flexibility index (Phi) is 8.74. The van der Waals surface area contributed by atoms with Gasteiger partial charge in [-0.15, -0.1) is 0 Å². The lowest BCUT2D eigenvalue weighted by atomic mass is 10.1. The minimum atomic E-state index is -0.481. The molecule has 0 spiro atoms. The Balaban J connectivity index is 1.70. The number of amides is 1. The summed E-state index contributed by atoms with van der Waals surface area (Å²) in [6, 6.07) is 25.2. The molecule has 0 aliphatic heterocycles. The van der Waals surface area contributed by atoms with E-state index >= 15 is 0 Å². The van der Waals surface area contributed by atoms with Crippen LogP contribution < -0.4 is 4.90 Å². The van der Waals surface area contributed by atoms with Crippen molar-refractivity contribution in [3.8, 4) is 0 Å². The van der Waals surface area contributed by atoms with E-state index in [2.05, 4.69) is 0 Å². The van der Waals surface area contributed by atoms with Crippen molar-refractivity contribution in [3.63, 3.8) is 0 Å². The van der Waals surface area contributed by atoms with Crippen molar-refractivity contribution < 1.29 is 23.9 Å². The predicted octanol–water partition coefficient (Wildman–Crippen LogP) is 5.04. The first-order chi connectivity index (χ1) is 16.5. The van der Waals surface area contributed by atoms with Gasteiger partial charge in [0, 0.05) is 11.3 Å². The zero-order valence-corrected chi connectivity index (χ0v) is 19.3. The van der Waals surface area contributed by atoms with E-state index in [0.717, 1.165) is 11.1 Å². The molecule has 0 saturated heterocycles. The molecule has 0 N–H and O–H groups in total. The van der Waals surface area contributed by atoms with Gasteiger partial charge in [-0.05, 0) is 55.3 Å². The Morgan fingerprint density at radius 3 is 2.06 bits per heavy atom. The molecule has 0 aliphatic rings. The Hall–Kier alpha value is -4.19. The van der Waals surface area contributed by atoms with Gasteiger partial charge in [0.15, 0.2) is 0 Å². The summed E-state index contributed by atoms with van der Waals surface area (Å²) in [5.74, 6) is -1.21. The molecule has 6 nitrogen and oxygen atoms in total. The van der Waals surface area contributed by atoms with E-state index in [1.54, 1.807) is 68.5 Å². The number of esters is 2. The van der Waals surface area contributed by atoms with Crippen LogP contribution in [-0.2, 0) is 25.7 Å². The number of benzene rings is 3. The molecule has 0 heterocycles. The third-order valence-corrected chi connectivity index (χ3v) is 4.99. The van der Waals surface area contributed by atoms with Gasteiger partial charge in [0.25, 0.3) is 5.91 Å². The molecule has 3 aromatic carbocycles. The topological polar surface area (TPSA) is 72.9 Å². The molecule has 0 aromatic heterocycles. The summed E-state index contributed by atoms with van der Waals surface area (Å²) in [5.41, 5.74) is 3.12. The molecule has 34 heavy (non-hydrogen) atoms. The fraction of sp³-hybridized carbons (Fsp3) is 0.179. The molecule has 0 unspecified atom stereocenters.